The minimum atomic E-state index is -1.54. The number of rotatable bonds is 4. The molecule has 0 unspecified atom stereocenters. The minimum absolute atomic E-state index is 0.142. The number of fused-ring (bicyclic) bond motifs is 1. The highest BCUT2D eigenvalue weighted by Gasteiger charge is 2.94. The van der Waals surface area contributed by atoms with Crippen molar-refractivity contribution in [3.63, 3.8) is 0 Å². The van der Waals surface area contributed by atoms with Gasteiger partial charge in [-0.05, 0) is 32.9 Å². The Labute approximate surface area is 148 Å². The largest absolute Gasteiger partial charge is 0.465 e. The van der Waals surface area contributed by atoms with E-state index >= 15 is 0 Å². The van der Waals surface area contributed by atoms with E-state index in [2.05, 4.69) is 15.9 Å². The Kier molecular flexibility index (Phi) is 3.68. The number of cyclic esters (lactones) is 1. The first-order valence-electron chi connectivity index (χ1n) is 7.85. The SMILES string of the molecule is CCOC(=O)[C@]12C(=O)OC(C)(C)[C@H]1[C@@]2(C)C(=O)c1ccc(Br)cc1. The zero-order valence-electron chi connectivity index (χ0n) is 14.0. The zero-order valence-corrected chi connectivity index (χ0v) is 15.6. The topological polar surface area (TPSA) is 69.7 Å². The second-order valence-electron chi connectivity index (χ2n) is 6.99. The highest BCUT2D eigenvalue weighted by atomic mass is 79.9. The van der Waals surface area contributed by atoms with Crippen LogP contribution >= 0.6 is 15.9 Å². The normalized spacial score (nSPS) is 32.7. The van der Waals surface area contributed by atoms with Crippen molar-refractivity contribution < 1.29 is 23.9 Å². The van der Waals surface area contributed by atoms with E-state index in [1.807, 2.05) is 0 Å². The number of ether oxygens (including phenoxy) is 2. The van der Waals surface area contributed by atoms with E-state index in [9.17, 15) is 14.4 Å². The number of carbonyl (C=O) groups is 3. The second kappa shape index (κ2) is 5.15. The van der Waals surface area contributed by atoms with E-state index in [0.717, 1.165) is 4.47 Å². The number of ketones is 1. The van der Waals surface area contributed by atoms with E-state index in [1.54, 1.807) is 52.0 Å². The molecule has 0 bridgehead atoms. The zero-order chi connectivity index (χ0) is 17.9. The molecular formula is C18H19BrO5. The van der Waals surface area contributed by atoms with E-state index in [0.29, 0.717) is 5.56 Å². The van der Waals surface area contributed by atoms with Crippen LogP contribution in [0.3, 0.4) is 0 Å². The number of esters is 2. The number of Topliss-reactive ketones (excluding diaryl/α,β-unsaturated/α-hetero) is 1. The maximum Gasteiger partial charge on any atom is 0.325 e. The van der Waals surface area contributed by atoms with Gasteiger partial charge < -0.3 is 9.47 Å². The van der Waals surface area contributed by atoms with Crippen LogP contribution in [0.2, 0.25) is 0 Å². The first-order chi connectivity index (χ1) is 11.1. The first kappa shape index (κ1) is 17.1. The van der Waals surface area contributed by atoms with Gasteiger partial charge in [0.2, 0.25) is 0 Å². The van der Waals surface area contributed by atoms with Crippen LogP contribution < -0.4 is 0 Å². The van der Waals surface area contributed by atoms with Gasteiger partial charge in [-0.3, -0.25) is 14.4 Å². The third kappa shape index (κ3) is 1.89. The Hall–Kier alpha value is -1.69. The molecule has 2 fully saturated rings. The number of carbonyl (C=O) groups excluding carboxylic acids is 3. The molecule has 1 aliphatic carbocycles. The van der Waals surface area contributed by atoms with Crippen LogP contribution in [0.15, 0.2) is 28.7 Å². The molecule has 3 rings (SSSR count). The van der Waals surface area contributed by atoms with Gasteiger partial charge in [0.15, 0.2) is 11.2 Å². The third-order valence-electron chi connectivity index (χ3n) is 5.29. The van der Waals surface area contributed by atoms with Crippen molar-refractivity contribution in [1.82, 2.24) is 0 Å². The quantitative estimate of drug-likeness (QED) is 0.445. The maximum absolute atomic E-state index is 13.2. The van der Waals surface area contributed by atoms with Crippen molar-refractivity contribution in [2.45, 2.75) is 33.3 Å². The summed E-state index contributed by atoms with van der Waals surface area (Å²) in [5, 5.41) is 0. The van der Waals surface area contributed by atoms with Crippen LogP contribution in [0, 0.1) is 16.7 Å². The fourth-order valence-electron chi connectivity index (χ4n) is 4.41. The minimum Gasteiger partial charge on any atom is -0.465 e. The molecule has 2 aliphatic rings. The van der Waals surface area contributed by atoms with Crippen LogP contribution in [-0.2, 0) is 19.1 Å². The Bertz CT molecular complexity index is 738. The molecule has 0 radical (unpaired) electrons. The fourth-order valence-corrected chi connectivity index (χ4v) is 4.68. The van der Waals surface area contributed by atoms with Gasteiger partial charge >= 0.3 is 11.9 Å². The van der Waals surface area contributed by atoms with E-state index in [1.165, 1.54) is 0 Å². The van der Waals surface area contributed by atoms with E-state index in [4.69, 9.17) is 9.47 Å². The first-order valence-corrected chi connectivity index (χ1v) is 8.64. The number of hydrogen-bond donors (Lipinski definition) is 0. The molecule has 128 valence electrons. The lowest BCUT2D eigenvalue weighted by atomic mass is 9.85. The van der Waals surface area contributed by atoms with Crippen molar-refractivity contribution in [3.05, 3.63) is 34.3 Å². The number of benzene rings is 1. The molecule has 0 aromatic heterocycles. The molecule has 0 amide bonds. The van der Waals surface area contributed by atoms with Gasteiger partial charge in [-0.15, -0.1) is 0 Å². The Morgan fingerprint density at radius 2 is 1.79 bits per heavy atom. The molecule has 0 spiro atoms. The summed E-state index contributed by atoms with van der Waals surface area (Å²) in [4.78, 5) is 38.4. The van der Waals surface area contributed by atoms with Crippen molar-refractivity contribution in [1.29, 1.82) is 0 Å². The molecule has 1 aliphatic heterocycles. The van der Waals surface area contributed by atoms with Gasteiger partial charge in [0.05, 0.1) is 12.0 Å². The Morgan fingerprint density at radius 3 is 2.33 bits per heavy atom. The highest BCUT2D eigenvalue weighted by Crippen LogP contribution is 2.78. The summed E-state index contributed by atoms with van der Waals surface area (Å²) in [5.74, 6) is -2.11. The van der Waals surface area contributed by atoms with Crippen LogP contribution in [0.1, 0.15) is 38.1 Å². The van der Waals surface area contributed by atoms with Crippen molar-refractivity contribution in [2.24, 2.45) is 16.7 Å². The van der Waals surface area contributed by atoms with Gasteiger partial charge in [-0.1, -0.05) is 35.0 Å². The summed E-state index contributed by atoms with van der Waals surface area (Å²) in [7, 11) is 0. The lowest BCUT2D eigenvalue weighted by molar-refractivity contribution is -0.166. The summed E-state index contributed by atoms with van der Waals surface area (Å²) < 4.78 is 11.4. The summed E-state index contributed by atoms with van der Waals surface area (Å²) in [5.41, 5.74) is -3.14. The molecule has 1 saturated heterocycles. The van der Waals surface area contributed by atoms with Gasteiger partial charge in [-0.25, -0.2) is 0 Å². The van der Waals surface area contributed by atoms with Gasteiger partial charge in [0.1, 0.15) is 5.60 Å². The monoisotopic (exact) mass is 394 g/mol. The van der Waals surface area contributed by atoms with E-state index in [-0.39, 0.29) is 12.4 Å². The molecule has 1 aromatic carbocycles. The van der Waals surface area contributed by atoms with Gasteiger partial charge in [0, 0.05) is 16.0 Å². The second-order valence-corrected chi connectivity index (χ2v) is 7.91. The number of halogens is 1. The molecule has 1 saturated carbocycles. The highest BCUT2D eigenvalue weighted by molar-refractivity contribution is 9.10. The third-order valence-corrected chi connectivity index (χ3v) is 5.82. The molecule has 6 heteroatoms. The standard InChI is InChI=1S/C18H19BrO5/c1-5-23-14(21)18-13(16(2,3)24-15(18)22)17(18,4)12(20)10-6-8-11(19)9-7-10/h6-9,13H,5H2,1-4H3/t13-,17+,18-/m0/s1. The molecule has 3 atom stereocenters. The Balaban J connectivity index is 2.09. The molecular weight excluding hydrogens is 376 g/mol. The summed E-state index contributed by atoms with van der Waals surface area (Å²) >= 11 is 3.33. The van der Waals surface area contributed by atoms with E-state index < -0.39 is 34.3 Å². The van der Waals surface area contributed by atoms with Crippen molar-refractivity contribution in [2.75, 3.05) is 6.61 Å². The lowest BCUT2D eigenvalue weighted by Gasteiger charge is -2.26. The number of hydrogen-bond acceptors (Lipinski definition) is 5. The molecule has 1 aromatic rings. The van der Waals surface area contributed by atoms with Crippen molar-refractivity contribution in [3.8, 4) is 0 Å². The summed E-state index contributed by atoms with van der Waals surface area (Å²) in [6.07, 6.45) is 0. The van der Waals surface area contributed by atoms with Crippen molar-refractivity contribution >= 4 is 33.7 Å². The van der Waals surface area contributed by atoms with Crippen LogP contribution in [0.5, 0.6) is 0 Å². The molecule has 0 N–H and O–H groups in total. The molecule has 1 heterocycles. The summed E-state index contributed by atoms with van der Waals surface area (Å²) in [6, 6.07) is 6.89. The molecule has 5 nitrogen and oxygen atoms in total. The predicted octanol–water partition coefficient (Wildman–Crippen LogP) is 3.15. The predicted molar refractivity (Wildman–Crippen MR) is 89.3 cm³/mol. The average molecular weight is 395 g/mol. The van der Waals surface area contributed by atoms with Crippen LogP contribution in [0.4, 0.5) is 0 Å². The van der Waals surface area contributed by atoms with Crippen LogP contribution in [-0.4, -0.2) is 29.9 Å². The Morgan fingerprint density at radius 1 is 1.21 bits per heavy atom. The molecule has 24 heavy (non-hydrogen) atoms. The average Bonchev–Trinajstić information content (AvgIpc) is 3.03. The fraction of sp³-hybridized carbons (Fsp3) is 0.500. The van der Waals surface area contributed by atoms with Gasteiger partial charge in [0.25, 0.3) is 0 Å². The summed E-state index contributed by atoms with van der Waals surface area (Å²) in [6.45, 7) is 6.95. The smallest absolute Gasteiger partial charge is 0.325 e. The van der Waals surface area contributed by atoms with Crippen LogP contribution in [0.25, 0.3) is 0 Å². The lowest BCUT2D eigenvalue weighted by Crippen LogP contribution is -2.39. The van der Waals surface area contributed by atoms with Gasteiger partial charge in [-0.2, -0.15) is 0 Å². The maximum atomic E-state index is 13.2.